The van der Waals surface area contributed by atoms with E-state index in [1.807, 2.05) is 0 Å². The first-order valence-electron chi connectivity index (χ1n) is 6.81. The number of halogens is 4. The number of thioether (sulfide) groups is 1. The molecule has 2 rings (SSSR count). The van der Waals surface area contributed by atoms with Gasteiger partial charge in [0.15, 0.2) is 0 Å². The van der Waals surface area contributed by atoms with E-state index in [4.69, 9.17) is 0 Å². The van der Waals surface area contributed by atoms with Gasteiger partial charge >= 0.3 is 6.18 Å². The molecule has 0 aromatic heterocycles. The molecule has 2 N–H and O–H groups in total. The number of hydrogen-bond donors (Lipinski definition) is 2. The predicted molar refractivity (Wildman–Crippen MR) is 80.2 cm³/mol. The molecule has 0 saturated carbocycles. The van der Waals surface area contributed by atoms with Crippen LogP contribution >= 0.6 is 24.2 Å². The first-order chi connectivity index (χ1) is 9.85. The maximum Gasteiger partial charge on any atom is 0.406 e. The van der Waals surface area contributed by atoms with Crippen LogP contribution in [-0.4, -0.2) is 66.1 Å². The first-order valence-corrected chi connectivity index (χ1v) is 7.96. The van der Waals surface area contributed by atoms with Crippen LogP contribution in [0.25, 0.3) is 0 Å². The number of hydrogen-bond acceptors (Lipinski definition) is 4. The smallest absolute Gasteiger partial charge is 0.344 e. The minimum absolute atomic E-state index is 0. The van der Waals surface area contributed by atoms with E-state index in [0.717, 1.165) is 23.0 Å². The summed E-state index contributed by atoms with van der Waals surface area (Å²) in [6.45, 7) is -0.385. The lowest BCUT2D eigenvalue weighted by Crippen LogP contribution is -2.46. The molecule has 22 heavy (non-hydrogen) atoms. The number of alkyl halides is 3. The quantitative estimate of drug-likeness (QED) is 0.777. The van der Waals surface area contributed by atoms with Crippen molar-refractivity contribution in [2.24, 2.45) is 0 Å². The predicted octanol–water partition coefficient (Wildman–Crippen LogP) is 0.783. The lowest BCUT2D eigenvalue weighted by atomic mass is 10.2. The largest absolute Gasteiger partial charge is 0.406 e. The van der Waals surface area contributed by atoms with Crippen LogP contribution in [0.2, 0.25) is 0 Å². The highest BCUT2D eigenvalue weighted by Crippen LogP contribution is 2.21. The molecular formula is C12H19ClF3N3O2S. The molecule has 0 radical (unpaired) electrons. The van der Waals surface area contributed by atoms with Crippen molar-refractivity contribution in [1.29, 1.82) is 0 Å². The molecular weight excluding hydrogens is 343 g/mol. The van der Waals surface area contributed by atoms with Crippen molar-refractivity contribution < 1.29 is 22.8 Å². The lowest BCUT2D eigenvalue weighted by molar-refractivity contribution is -0.158. The van der Waals surface area contributed by atoms with Gasteiger partial charge in [0.05, 0.1) is 0 Å². The highest BCUT2D eigenvalue weighted by Gasteiger charge is 2.39. The third-order valence-electron chi connectivity index (χ3n) is 3.43. The third-order valence-corrected chi connectivity index (χ3v) is 4.56. The molecule has 2 atom stereocenters. The second kappa shape index (κ2) is 8.26. The molecule has 2 amide bonds. The van der Waals surface area contributed by atoms with Gasteiger partial charge in [0.2, 0.25) is 11.8 Å². The van der Waals surface area contributed by atoms with Crippen molar-refractivity contribution >= 4 is 36.0 Å². The van der Waals surface area contributed by atoms with Crippen molar-refractivity contribution in [2.75, 3.05) is 31.1 Å². The molecule has 2 aliphatic heterocycles. The van der Waals surface area contributed by atoms with Gasteiger partial charge in [-0.3, -0.25) is 9.59 Å². The van der Waals surface area contributed by atoms with Crippen LogP contribution in [0.3, 0.4) is 0 Å². The van der Waals surface area contributed by atoms with Gasteiger partial charge in [-0.2, -0.15) is 24.9 Å². The summed E-state index contributed by atoms with van der Waals surface area (Å²) in [6.07, 6.45) is -3.93. The number of rotatable bonds is 4. The Balaban J connectivity index is 0.00000242. The van der Waals surface area contributed by atoms with E-state index in [-0.39, 0.29) is 43.7 Å². The molecule has 2 heterocycles. The monoisotopic (exact) mass is 361 g/mol. The lowest BCUT2D eigenvalue weighted by Gasteiger charge is -2.23. The summed E-state index contributed by atoms with van der Waals surface area (Å²) in [4.78, 5) is 24.4. The van der Waals surface area contributed by atoms with Crippen molar-refractivity contribution in [3.63, 3.8) is 0 Å². The van der Waals surface area contributed by atoms with E-state index in [1.54, 1.807) is 11.8 Å². The van der Waals surface area contributed by atoms with Gasteiger partial charge in [-0.1, -0.05) is 0 Å². The normalized spacial score (nSPS) is 25.8. The Kier molecular flexibility index (Phi) is 7.27. The van der Waals surface area contributed by atoms with Crippen LogP contribution in [0.4, 0.5) is 13.2 Å². The zero-order valence-corrected chi connectivity index (χ0v) is 13.5. The summed E-state index contributed by atoms with van der Waals surface area (Å²) < 4.78 is 36.9. The molecule has 0 bridgehead atoms. The van der Waals surface area contributed by atoms with E-state index in [0.29, 0.717) is 0 Å². The molecule has 2 fully saturated rings. The molecule has 0 aliphatic carbocycles. The van der Waals surface area contributed by atoms with Crippen LogP contribution < -0.4 is 10.6 Å². The summed E-state index contributed by atoms with van der Waals surface area (Å²) in [5.74, 6) is 0.895. The number of nitrogens with zero attached hydrogens (tertiary/aromatic N) is 1. The fourth-order valence-corrected chi connectivity index (χ4v) is 3.42. The summed E-state index contributed by atoms with van der Waals surface area (Å²) in [6, 6.07) is -0.761. The van der Waals surface area contributed by atoms with Gasteiger partial charge in [-0.25, -0.2) is 0 Å². The van der Waals surface area contributed by atoms with E-state index < -0.39 is 24.7 Å². The van der Waals surface area contributed by atoms with Crippen molar-refractivity contribution in [2.45, 2.75) is 31.1 Å². The standard InChI is InChI=1S/C12H18F3N3O2S.ClH/c13-12(14,15)7-18-3-1-9(11(18)20)17-10(19)5-8-6-21-4-2-16-8;/h8-9,16H,1-7H2,(H,17,19);1H. The number of likely N-dealkylation sites (tertiary alicyclic amines) is 1. The molecule has 2 saturated heterocycles. The zero-order valence-electron chi connectivity index (χ0n) is 11.8. The molecule has 10 heteroatoms. The van der Waals surface area contributed by atoms with Crippen LogP contribution in [0, 0.1) is 0 Å². The van der Waals surface area contributed by atoms with Crippen molar-refractivity contribution in [3.8, 4) is 0 Å². The summed E-state index contributed by atoms with van der Waals surface area (Å²) in [5.41, 5.74) is 0. The fraction of sp³-hybridized carbons (Fsp3) is 0.833. The Labute approximate surface area is 137 Å². The van der Waals surface area contributed by atoms with Crippen LogP contribution in [0.1, 0.15) is 12.8 Å². The zero-order chi connectivity index (χ0) is 15.5. The Hall–Kier alpha value is -0.670. The van der Waals surface area contributed by atoms with Gasteiger partial charge in [-0.15, -0.1) is 12.4 Å². The number of amides is 2. The molecule has 0 aromatic carbocycles. The Morgan fingerprint density at radius 2 is 2.18 bits per heavy atom. The maximum absolute atomic E-state index is 12.3. The minimum atomic E-state index is -4.40. The average molecular weight is 362 g/mol. The second-order valence-electron chi connectivity index (χ2n) is 5.21. The van der Waals surface area contributed by atoms with E-state index in [2.05, 4.69) is 10.6 Å². The van der Waals surface area contributed by atoms with Crippen LogP contribution in [0.15, 0.2) is 0 Å². The molecule has 0 spiro atoms. The SMILES string of the molecule is Cl.O=C(CC1CSCCN1)NC1CCN(CC(F)(F)F)C1=O. The average Bonchev–Trinajstić information content (AvgIpc) is 2.71. The fourth-order valence-electron chi connectivity index (χ4n) is 2.47. The van der Waals surface area contributed by atoms with E-state index in [1.165, 1.54) is 0 Å². The van der Waals surface area contributed by atoms with Gasteiger partial charge in [0, 0.05) is 37.1 Å². The molecule has 128 valence electrons. The first kappa shape index (κ1) is 19.4. The molecule has 2 aliphatic rings. The van der Waals surface area contributed by atoms with Gasteiger partial charge in [0.25, 0.3) is 0 Å². The molecule has 5 nitrogen and oxygen atoms in total. The molecule has 0 aromatic rings. The van der Waals surface area contributed by atoms with E-state index >= 15 is 0 Å². The highest BCUT2D eigenvalue weighted by atomic mass is 35.5. The number of nitrogens with one attached hydrogen (secondary N) is 2. The Morgan fingerprint density at radius 3 is 2.77 bits per heavy atom. The highest BCUT2D eigenvalue weighted by molar-refractivity contribution is 7.99. The number of carbonyl (C=O) groups excluding carboxylic acids is 2. The summed E-state index contributed by atoms with van der Waals surface area (Å²) in [7, 11) is 0. The molecule has 2 unspecified atom stereocenters. The summed E-state index contributed by atoms with van der Waals surface area (Å²) in [5, 5.41) is 5.75. The minimum Gasteiger partial charge on any atom is -0.344 e. The van der Waals surface area contributed by atoms with Crippen LogP contribution in [0.5, 0.6) is 0 Å². The van der Waals surface area contributed by atoms with E-state index in [9.17, 15) is 22.8 Å². The van der Waals surface area contributed by atoms with Crippen LogP contribution in [-0.2, 0) is 9.59 Å². The topological polar surface area (TPSA) is 61.4 Å². The Bertz CT molecular complexity index is 406. The summed E-state index contributed by atoms with van der Waals surface area (Å²) >= 11 is 1.75. The number of carbonyl (C=O) groups is 2. The van der Waals surface area contributed by atoms with Gasteiger partial charge in [-0.05, 0) is 6.42 Å². The Morgan fingerprint density at radius 1 is 1.45 bits per heavy atom. The maximum atomic E-state index is 12.3. The van der Waals surface area contributed by atoms with Gasteiger partial charge < -0.3 is 15.5 Å². The van der Waals surface area contributed by atoms with Crippen molar-refractivity contribution in [3.05, 3.63) is 0 Å². The van der Waals surface area contributed by atoms with Crippen molar-refractivity contribution in [1.82, 2.24) is 15.5 Å². The van der Waals surface area contributed by atoms with Gasteiger partial charge in [0.1, 0.15) is 12.6 Å². The third kappa shape index (κ3) is 5.85. The second-order valence-corrected chi connectivity index (χ2v) is 6.36.